The number of aryl methyl sites for hydroxylation is 3. The van der Waals surface area contributed by atoms with E-state index in [4.69, 9.17) is 10.5 Å². The van der Waals surface area contributed by atoms with Gasteiger partial charge in [-0.3, -0.25) is 0 Å². The molecule has 2 rings (SSSR count). The molecule has 0 fully saturated rings. The van der Waals surface area contributed by atoms with Crippen LogP contribution >= 0.6 is 0 Å². The van der Waals surface area contributed by atoms with Gasteiger partial charge >= 0.3 is 0 Å². The molecule has 0 aliphatic carbocycles. The van der Waals surface area contributed by atoms with Gasteiger partial charge in [0.05, 0.1) is 12.6 Å². The lowest BCUT2D eigenvalue weighted by atomic mass is 10.1. The van der Waals surface area contributed by atoms with Crippen molar-refractivity contribution in [1.82, 2.24) is 4.57 Å². The third-order valence-corrected chi connectivity index (χ3v) is 3.72. The van der Waals surface area contributed by atoms with Crippen molar-refractivity contribution in [3.8, 4) is 5.75 Å². The Morgan fingerprint density at radius 3 is 2.56 bits per heavy atom. The van der Waals surface area contributed by atoms with E-state index in [1.165, 1.54) is 27.7 Å². The highest BCUT2D eigenvalue weighted by Gasteiger charge is 2.13. The zero-order chi connectivity index (χ0) is 13.3. The quantitative estimate of drug-likeness (QED) is 0.901. The SMILES string of the molecule is COc1cc(C)c2c(c1)c(C)c(C)n2CCCN. The molecule has 0 aliphatic heterocycles. The molecule has 0 aliphatic rings. The Hall–Kier alpha value is -1.48. The van der Waals surface area contributed by atoms with Crippen molar-refractivity contribution in [1.29, 1.82) is 0 Å². The second-order valence-corrected chi connectivity index (χ2v) is 4.84. The highest BCUT2D eigenvalue weighted by atomic mass is 16.5. The van der Waals surface area contributed by atoms with Gasteiger partial charge in [-0.15, -0.1) is 0 Å². The Morgan fingerprint density at radius 2 is 1.94 bits per heavy atom. The Balaban J connectivity index is 2.67. The zero-order valence-corrected chi connectivity index (χ0v) is 11.7. The summed E-state index contributed by atoms with van der Waals surface area (Å²) in [5.41, 5.74) is 10.9. The van der Waals surface area contributed by atoms with Crippen molar-refractivity contribution < 1.29 is 4.74 Å². The van der Waals surface area contributed by atoms with Gasteiger partial charge < -0.3 is 15.0 Å². The lowest BCUT2D eigenvalue weighted by Crippen LogP contribution is -2.07. The average Bonchev–Trinajstić information content (AvgIpc) is 2.61. The number of rotatable bonds is 4. The first-order valence-electron chi connectivity index (χ1n) is 6.44. The number of hydrogen-bond donors (Lipinski definition) is 1. The molecule has 0 amide bonds. The zero-order valence-electron chi connectivity index (χ0n) is 11.7. The van der Waals surface area contributed by atoms with E-state index >= 15 is 0 Å². The highest BCUT2D eigenvalue weighted by molar-refractivity contribution is 5.89. The molecule has 0 saturated heterocycles. The van der Waals surface area contributed by atoms with Gasteiger partial charge in [0.25, 0.3) is 0 Å². The second kappa shape index (κ2) is 5.02. The molecule has 0 atom stereocenters. The number of nitrogens with two attached hydrogens (primary N) is 1. The number of methoxy groups -OCH3 is 1. The van der Waals surface area contributed by atoms with Crippen LogP contribution in [0.5, 0.6) is 5.75 Å². The van der Waals surface area contributed by atoms with Crippen LogP contribution in [0.15, 0.2) is 12.1 Å². The van der Waals surface area contributed by atoms with Crippen LogP contribution in [-0.2, 0) is 6.54 Å². The lowest BCUT2D eigenvalue weighted by Gasteiger charge is -2.10. The molecule has 18 heavy (non-hydrogen) atoms. The summed E-state index contributed by atoms with van der Waals surface area (Å²) in [6, 6.07) is 4.23. The van der Waals surface area contributed by atoms with E-state index in [0.29, 0.717) is 0 Å². The van der Waals surface area contributed by atoms with Crippen molar-refractivity contribution in [2.75, 3.05) is 13.7 Å². The summed E-state index contributed by atoms with van der Waals surface area (Å²) in [5, 5.41) is 1.29. The number of hydrogen-bond acceptors (Lipinski definition) is 2. The molecule has 0 spiro atoms. The third-order valence-electron chi connectivity index (χ3n) is 3.72. The van der Waals surface area contributed by atoms with Gasteiger partial charge in [-0.25, -0.2) is 0 Å². The van der Waals surface area contributed by atoms with Crippen molar-refractivity contribution in [3.63, 3.8) is 0 Å². The molecule has 3 heteroatoms. The fraction of sp³-hybridized carbons (Fsp3) is 0.467. The van der Waals surface area contributed by atoms with Gasteiger partial charge in [-0.05, 0) is 57.0 Å². The van der Waals surface area contributed by atoms with Crippen LogP contribution < -0.4 is 10.5 Å². The van der Waals surface area contributed by atoms with E-state index in [2.05, 4.69) is 37.5 Å². The van der Waals surface area contributed by atoms with Gasteiger partial charge in [-0.2, -0.15) is 0 Å². The molecule has 0 unspecified atom stereocenters. The minimum absolute atomic E-state index is 0.730. The largest absolute Gasteiger partial charge is 0.497 e. The van der Waals surface area contributed by atoms with Crippen LogP contribution in [-0.4, -0.2) is 18.2 Å². The van der Waals surface area contributed by atoms with Crippen LogP contribution in [0.25, 0.3) is 10.9 Å². The van der Waals surface area contributed by atoms with E-state index in [1.54, 1.807) is 7.11 Å². The van der Waals surface area contributed by atoms with Gasteiger partial charge in [0.1, 0.15) is 5.75 Å². The Morgan fingerprint density at radius 1 is 1.22 bits per heavy atom. The molecule has 0 saturated carbocycles. The van der Waals surface area contributed by atoms with Crippen molar-refractivity contribution in [2.45, 2.75) is 33.7 Å². The summed E-state index contributed by atoms with van der Waals surface area (Å²) < 4.78 is 7.74. The Bertz CT molecular complexity index is 570. The summed E-state index contributed by atoms with van der Waals surface area (Å²) in [6.07, 6.45) is 1.01. The van der Waals surface area contributed by atoms with Gasteiger partial charge in [0.2, 0.25) is 0 Å². The summed E-state index contributed by atoms with van der Waals surface area (Å²) in [7, 11) is 1.72. The molecule has 1 aromatic carbocycles. The minimum atomic E-state index is 0.730. The number of ether oxygens (including phenoxy) is 1. The Labute approximate surface area is 109 Å². The molecule has 1 aromatic heterocycles. The first-order chi connectivity index (χ1) is 8.60. The summed E-state index contributed by atoms with van der Waals surface area (Å²) in [5.74, 6) is 0.930. The van der Waals surface area contributed by atoms with E-state index < -0.39 is 0 Å². The average molecular weight is 246 g/mol. The molecule has 98 valence electrons. The van der Waals surface area contributed by atoms with Gasteiger partial charge in [0.15, 0.2) is 0 Å². The highest BCUT2D eigenvalue weighted by Crippen LogP contribution is 2.31. The normalized spacial score (nSPS) is 11.2. The smallest absolute Gasteiger partial charge is 0.119 e. The topological polar surface area (TPSA) is 40.2 Å². The minimum Gasteiger partial charge on any atom is -0.497 e. The molecule has 2 aromatic rings. The maximum atomic E-state index is 5.63. The van der Waals surface area contributed by atoms with Crippen LogP contribution in [0.4, 0.5) is 0 Å². The fourth-order valence-electron chi connectivity index (χ4n) is 2.60. The van der Waals surface area contributed by atoms with Crippen LogP contribution in [0.2, 0.25) is 0 Å². The number of nitrogens with zero attached hydrogens (tertiary/aromatic N) is 1. The number of fused-ring (bicyclic) bond motifs is 1. The van der Waals surface area contributed by atoms with Crippen molar-refractivity contribution in [2.24, 2.45) is 5.73 Å². The van der Waals surface area contributed by atoms with Crippen LogP contribution in [0, 0.1) is 20.8 Å². The second-order valence-electron chi connectivity index (χ2n) is 4.84. The van der Waals surface area contributed by atoms with Crippen LogP contribution in [0.3, 0.4) is 0 Å². The predicted octanol–water partition coefficient (Wildman–Crippen LogP) is 2.92. The predicted molar refractivity (Wildman–Crippen MR) is 76.4 cm³/mol. The molecule has 1 heterocycles. The van der Waals surface area contributed by atoms with E-state index in [1.807, 2.05) is 0 Å². The molecule has 0 radical (unpaired) electrons. The molecular formula is C15H22N2O. The molecule has 3 nitrogen and oxygen atoms in total. The summed E-state index contributed by atoms with van der Waals surface area (Å²) in [4.78, 5) is 0. The monoisotopic (exact) mass is 246 g/mol. The summed E-state index contributed by atoms with van der Waals surface area (Å²) >= 11 is 0. The van der Waals surface area contributed by atoms with Gasteiger partial charge in [0, 0.05) is 17.6 Å². The van der Waals surface area contributed by atoms with E-state index in [9.17, 15) is 0 Å². The first kappa shape index (κ1) is 13.0. The van der Waals surface area contributed by atoms with Crippen molar-refractivity contribution >= 4 is 10.9 Å². The van der Waals surface area contributed by atoms with Gasteiger partial charge in [-0.1, -0.05) is 0 Å². The molecule has 0 bridgehead atoms. The lowest BCUT2D eigenvalue weighted by molar-refractivity contribution is 0.415. The summed E-state index contributed by atoms with van der Waals surface area (Å²) in [6.45, 7) is 8.21. The maximum absolute atomic E-state index is 5.63. The number of aromatic nitrogens is 1. The van der Waals surface area contributed by atoms with Crippen LogP contribution in [0.1, 0.15) is 23.2 Å². The number of benzene rings is 1. The fourth-order valence-corrected chi connectivity index (χ4v) is 2.60. The molecule has 2 N–H and O–H groups in total. The molecular weight excluding hydrogens is 224 g/mol. The standard InChI is InChI=1S/C15H22N2O/c1-10-8-13(18-4)9-14-11(2)12(3)17(15(10)14)7-5-6-16/h8-9H,5-7,16H2,1-4H3. The van der Waals surface area contributed by atoms with Crippen molar-refractivity contribution in [3.05, 3.63) is 29.0 Å². The maximum Gasteiger partial charge on any atom is 0.119 e. The first-order valence-corrected chi connectivity index (χ1v) is 6.44. The Kier molecular flexibility index (Phi) is 3.62. The third kappa shape index (κ3) is 1.99. The van der Waals surface area contributed by atoms with E-state index in [-0.39, 0.29) is 0 Å². The van der Waals surface area contributed by atoms with E-state index in [0.717, 1.165) is 25.3 Å².